The molecule has 0 bridgehead atoms. The lowest BCUT2D eigenvalue weighted by atomic mass is 10.2. The number of carbonyl (C=O) groups excluding carboxylic acids is 1. The number of aromatic nitrogens is 2. The molecule has 1 amide bonds. The fraction of sp³-hybridized carbons (Fsp3) is 0.636. The quantitative estimate of drug-likeness (QED) is 0.870. The highest BCUT2D eigenvalue weighted by Gasteiger charge is 2.21. The number of hydrogen-bond acceptors (Lipinski definition) is 3. The average Bonchev–Trinajstić information content (AvgIpc) is 2.83. The van der Waals surface area contributed by atoms with Crippen molar-refractivity contribution in [2.75, 3.05) is 6.54 Å². The molecule has 1 saturated heterocycles. The van der Waals surface area contributed by atoms with Gasteiger partial charge in [0.25, 0.3) is 0 Å². The van der Waals surface area contributed by atoms with Crippen LogP contribution in [0.2, 0.25) is 0 Å². The predicted octanol–water partition coefficient (Wildman–Crippen LogP) is 0.952. The van der Waals surface area contributed by atoms with Gasteiger partial charge in [-0.1, -0.05) is 0 Å². The Hall–Kier alpha value is -0.880. The molecule has 17 heavy (non-hydrogen) atoms. The summed E-state index contributed by atoms with van der Waals surface area (Å²) in [5, 5.41) is 10.6. The van der Waals surface area contributed by atoms with Crippen LogP contribution in [0.25, 0.3) is 0 Å². The van der Waals surface area contributed by atoms with Gasteiger partial charge in [0, 0.05) is 32.1 Å². The minimum absolute atomic E-state index is 0.127. The molecule has 1 aliphatic rings. The van der Waals surface area contributed by atoms with Gasteiger partial charge in [-0.05, 0) is 29.8 Å². The maximum atomic E-state index is 11.1. The van der Waals surface area contributed by atoms with Crippen molar-refractivity contribution < 1.29 is 4.79 Å². The van der Waals surface area contributed by atoms with Crippen LogP contribution in [0.3, 0.4) is 0 Å². The van der Waals surface area contributed by atoms with Gasteiger partial charge in [0.15, 0.2) is 0 Å². The third-order valence-electron chi connectivity index (χ3n) is 2.99. The van der Waals surface area contributed by atoms with Crippen LogP contribution in [0.5, 0.6) is 0 Å². The van der Waals surface area contributed by atoms with Gasteiger partial charge in [-0.25, -0.2) is 0 Å². The Morgan fingerprint density at radius 2 is 2.41 bits per heavy atom. The molecule has 2 heterocycles. The van der Waals surface area contributed by atoms with Crippen LogP contribution in [-0.2, 0) is 17.9 Å². The number of nitrogens with one attached hydrogen (secondary N) is 2. The van der Waals surface area contributed by atoms with Crippen LogP contribution in [0, 0.1) is 6.92 Å². The Bertz CT molecular complexity index is 429. The lowest BCUT2D eigenvalue weighted by molar-refractivity contribution is -0.119. The molecule has 0 saturated carbocycles. The average molecular weight is 301 g/mol. The molecule has 1 fully saturated rings. The lowest BCUT2D eigenvalue weighted by Gasteiger charge is -2.11. The summed E-state index contributed by atoms with van der Waals surface area (Å²) >= 11 is 3.56. The summed E-state index contributed by atoms with van der Waals surface area (Å²) in [7, 11) is 0. The molecule has 0 aliphatic carbocycles. The third-order valence-corrected chi connectivity index (χ3v) is 4.02. The number of rotatable bonds is 4. The number of nitrogens with zero attached hydrogens (tertiary/aromatic N) is 2. The first-order valence-corrected chi connectivity index (χ1v) is 6.63. The molecule has 1 unspecified atom stereocenters. The number of amides is 1. The van der Waals surface area contributed by atoms with E-state index in [4.69, 9.17) is 0 Å². The molecule has 0 radical (unpaired) electrons. The van der Waals surface area contributed by atoms with Crippen LogP contribution in [-0.4, -0.2) is 28.3 Å². The smallest absolute Gasteiger partial charge is 0.221 e. The van der Waals surface area contributed by atoms with Crippen molar-refractivity contribution in [3.05, 3.63) is 15.9 Å². The highest BCUT2D eigenvalue weighted by atomic mass is 79.9. The van der Waals surface area contributed by atoms with E-state index in [9.17, 15) is 4.79 Å². The van der Waals surface area contributed by atoms with Crippen molar-refractivity contribution >= 4 is 21.8 Å². The molecule has 0 spiro atoms. The molecule has 94 valence electrons. The first kappa shape index (κ1) is 12.6. The van der Waals surface area contributed by atoms with Crippen LogP contribution >= 0.6 is 15.9 Å². The van der Waals surface area contributed by atoms with Crippen molar-refractivity contribution in [1.82, 2.24) is 20.4 Å². The monoisotopic (exact) mass is 300 g/mol. The highest BCUT2D eigenvalue weighted by molar-refractivity contribution is 9.10. The van der Waals surface area contributed by atoms with E-state index < -0.39 is 0 Å². The standard InChI is InChI=1S/C11H17BrN4O/c1-3-16-9(11(12)7(2)15-16)6-13-8-4-10(17)14-5-8/h8,13H,3-6H2,1-2H3,(H,14,17). The second-order valence-corrected chi connectivity index (χ2v) is 5.04. The molecular weight excluding hydrogens is 284 g/mol. The van der Waals surface area contributed by atoms with E-state index in [2.05, 4.69) is 38.6 Å². The van der Waals surface area contributed by atoms with Crippen molar-refractivity contribution in [1.29, 1.82) is 0 Å². The van der Waals surface area contributed by atoms with Gasteiger partial charge in [0.1, 0.15) is 0 Å². The summed E-state index contributed by atoms with van der Waals surface area (Å²) in [5.74, 6) is 0.127. The Balaban J connectivity index is 2.01. The van der Waals surface area contributed by atoms with E-state index in [0.717, 1.165) is 35.5 Å². The Labute approximate surface area is 109 Å². The van der Waals surface area contributed by atoms with E-state index in [1.165, 1.54) is 0 Å². The zero-order valence-corrected chi connectivity index (χ0v) is 11.7. The second kappa shape index (κ2) is 5.18. The van der Waals surface area contributed by atoms with Crippen LogP contribution < -0.4 is 10.6 Å². The molecule has 1 aromatic heterocycles. The Morgan fingerprint density at radius 1 is 1.65 bits per heavy atom. The van der Waals surface area contributed by atoms with Gasteiger partial charge in [0.05, 0.1) is 15.9 Å². The molecule has 1 aromatic rings. The first-order valence-electron chi connectivity index (χ1n) is 5.83. The van der Waals surface area contributed by atoms with Crippen LogP contribution in [0.15, 0.2) is 4.47 Å². The van der Waals surface area contributed by atoms with E-state index in [0.29, 0.717) is 6.42 Å². The first-order chi connectivity index (χ1) is 8.11. The Morgan fingerprint density at radius 3 is 3.00 bits per heavy atom. The summed E-state index contributed by atoms with van der Waals surface area (Å²) in [5.41, 5.74) is 2.15. The normalized spacial score (nSPS) is 19.7. The highest BCUT2D eigenvalue weighted by Crippen LogP contribution is 2.21. The van der Waals surface area contributed by atoms with E-state index in [-0.39, 0.29) is 11.9 Å². The topological polar surface area (TPSA) is 59.0 Å². The molecule has 0 aromatic carbocycles. The maximum Gasteiger partial charge on any atom is 0.221 e. The van der Waals surface area contributed by atoms with Crippen LogP contribution in [0.4, 0.5) is 0 Å². The maximum absolute atomic E-state index is 11.1. The zero-order chi connectivity index (χ0) is 12.4. The fourth-order valence-electron chi connectivity index (χ4n) is 2.03. The number of hydrogen-bond donors (Lipinski definition) is 2. The van der Waals surface area contributed by atoms with Crippen LogP contribution in [0.1, 0.15) is 24.7 Å². The summed E-state index contributed by atoms with van der Waals surface area (Å²) in [4.78, 5) is 11.1. The summed E-state index contributed by atoms with van der Waals surface area (Å²) in [6, 6.07) is 0.231. The SMILES string of the molecule is CCn1nc(C)c(Br)c1CNC1CNC(=O)C1. The largest absolute Gasteiger partial charge is 0.354 e. The lowest BCUT2D eigenvalue weighted by Crippen LogP contribution is -2.31. The van der Waals surface area contributed by atoms with Gasteiger partial charge in [-0.15, -0.1) is 0 Å². The summed E-state index contributed by atoms with van der Waals surface area (Å²) in [6.07, 6.45) is 0.566. The third kappa shape index (κ3) is 2.69. The van der Waals surface area contributed by atoms with Gasteiger partial charge in [-0.3, -0.25) is 9.48 Å². The van der Waals surface area contributed by atoms with Crippen molar-refractivity contribution in [2.45, 2.75) is 39.4 Å². The second-order valence-electron chi connectivity index (χ2n) is 4.25. The number of aryl methyl sites for hydroxylation is 2. The van der Waals surface area contributed by atoms with Crippen molar-refractivity contribution in [2.24, 2.45) is 0 Å². The van der Waals surface area contributed by atoms with Crippen molar-refractivity contribution in [3.8, 4) is 0 Å². The molecule has 2 N–H and O–H groups in total. The van der Waals surface area contributed by atoms with Gasteiger partial charge < -0.3 is 10.6 Å². The van der Waals surface area contributed by atoms with E-state index in [1.54, 1.807) is 0 Å². The summed E-state index contributed by atoms with van der Waals surface area (Å²) < 4.78 is 3.04. The van der Waals surface area contributed by atoms with Crippen molar-refractivity contribution in [3.63, 3.8) is 0 Å². The summed E-state index contributed by atoms with van der Waals surface area (Å²) in [6.45, 7) is 6.36. The van der Waals surface area contributed by atoms with Gasteiger partial charge in [0.2, 0.25) is 5.91 Å². The molecule has 1 atom stereocenters. The predicted molar refractivity (Wildman–Crippen MR) is 68.6 cm³/mol. The molecular formula is C11H17BrN4O. The van der Waals surface area contributed by atoms with E-state index in [1.807, 2.05) is 11.6 Å². The minimum atomic E-state index is 0.127. The molecule has 5 nitrogen and oxygen atoms in total. The van der Waals surface area contributed by atoms with E-state index >= 15 is 0 Å². The zero-order valence-electron chi connectivity index (χ0n) is 10.1. The van der Waals surface area contributed by atoms with Gasteiger partial charge in [-0.2, -0.15) is 5.10 Å². The Kier molecular flexibility index (Phi) is 3.83. The number of carbonyl (C=O) groups is 1. The molecule has 6 heteroatoms. The molecule has 2 rings (SSSR count). The molecule has 1 aliphatic heterocycles. The minimum Gasteiger partial charge on any atom is -0.354 e. The fourth-order valence-corrected chi connectivity index (χ4v) is 2.45. The van der Waals surface area contributed by atoms with Gasteiger partial charge >= 0.3 is 0 Å². The number of halogens is 1.